The van der Waals surface area contributed by atoms with Crippen molar-refractivity contribution in [2.45, 2.75) is 72.1 Å². The number of alkyl halides is 3. The fourth-order valence-electron chi connectivity index (χ4n) is 4.87. The largest absolute Gasteiger partial charge is 0.462 e. The molecule has 248 valence electrons. The first-order chi connectivity index (χ1) is 22.1. The first-order valence-corrected chi connectivity index (χ1v) is 14.9. The average molecular weight is 654 g/mol. The molecule has 0 unspecified atom stereocenters. The van der Waals surface area contributed by atoms with Crippen molar-refractivity contribution in [3.05, 3.63) is 76.0 Å². The number of rotatable bonds is 9. The summed E-state index contributed by atoms with van der Waals surface area (Å²) < 4.78 is 45.9. The molecule has 13 nitrogen and oxygen atoms in total. The van der Waals surface area contributed by atoms with Gasteiger partial charge in [-0.3, -0.25) is 9.59 Å². The van der Waals surface area contributed by atoms with Gasteiger partial charge in [0, 0.05) is 11.7 Å². The number of pyridine rings is 1. The number of aryl methyl sites for hydroxylation is 2. The van der Waals surface area contributed by atoms with Gasteiger partial charge in [0.1, 0.15) is 12.2 Å². The Hall–Kier alpha value is -5.15. The number of aromatic nitrogens is 7. The van der Waals surface area contributed by atoms with Crippen LogP contribution in [0, 0.1) is 19.8 Å². The predicted molar refractivity (Wildman–Crippen MR) is 162 cm³/mol. The standard InChI is InChI=1S/C31H34F3N9O4/c1-17-8-7-11-35-25(17)43-23(14-21(39-43)15-42-40-29(38-41-42)31(32,33)34)27(45)36-24-18(2)12-20(28(46)47-16-19-9-6-10-19)13-22(24)26(44)37-30(3,4)5/h7-8,11-14,19H,6,9-10,15-16H2,1-5H3,(H,36,45)(H,37,44). The van der Waals surface area contributed by atoms with Crippen LogP contribution in [0.3, 0.4) is 0 Å². The number of ether oxygens (including phenoxy) is 1. The van der Waals surface area contributed by atoms with E-state index < -0.39 is 35.3 Å². The third kappa shape index (κ3) is 7.81. The molecule has 0 radical (unpaired) electrons. The zero-order chi connectivity index (χ0) is 34.1. The second-order valence-electron chi connectivity index (χ2n) is 12.5. The summed E-state index contributed by atoms with van der Waals surface area (Å²) in [6.07, 6.45) is -0.190. The minimum Gasteiger partial charge on any atom is -0.462 e. The highest BCUT2D eigenvalue weighted by Gasteiger charge is 2.37. The molecule has 3 heterocycles. The van der Waals surface area contributed by atoms with E-state index in [0.29, 0.717) is 34.3 Å². The van der Waals surface area contributed by atoms with Crippen LogP contribution < -0.4 is 10.6 Å². The van der Waals surface area contributed by atoms with Crippen molar-refractivity contribution in [1.82, 2.24) is 40.3 Å². The summed E-state index contributed by atoms with van der Waals surface area (Å²) in [6.45, 7) is 8.74. The van der Waals surface area contributed by atoms with Gasteiger partial charge in [-0.1, -0.05) is 12.5 Å². The van der Waals surface area contributed by atoms with Crippen LogP contribution in [0.4, 0.5) is 18.9 Å². The number of anilines is 1. The van der Waals surface area contributed by atoms with Gasteiger partial charge >= 0.3 is 12.1 Å². The Labute approximate surface area is 267 Å². The average Bonchev–Trinajstić information content (AvgIpc) is 3.60. The van der Waals surface area contributed by atoms with Gasteiger partial charge in [0.15, 0.2) is 5.82 Å². The molecule has 0 saturated heterocycles. The van der Waals surface area contributed by atoms with E-state index in [2.05, 4.69) is 36.1 Å². The van der Waals surface area contributed by atoms with Crippen LogP contribution >= 0.6 is 0 Å². The third-order valence-corrected chi connectivity index (χ3v) is 7.40. The summed E-state index contributed by atoms with van der Waals surface area (Å²) in [7, 11) is 0. The van der Waals surface area contributed by atoms with Crippen LogP contribution in [-0.4, -0.2) is 64.9 Å². The van der Waals surface area contributed by atoms with E-state index in [1.165, 1.54) is 29.1 Å². The van der Waals surface area contributed by atoms with Gasteiger partial charge in [0.05, 0.1) is 29.1 Å². The summed E-state index contributed by atoms with van der Waals surface area (Å²) in [6, 6.07) is 7.72. The molecule has 1 saturated carbocycles. The van der Waals surface area contributed by atoms with Crippen LogP contribution in [0.1, 0.15) is 93.9 Å². The molecule has 1 aromatic carbocycles. The van der Waals surface area contributed by atoms with Gasteiger partial charge in [-0.15, -0.1) is 10.2 Å². The summed E-state index contributed by atoms with van der Waals surface area (Å²) in [5.74, 6) is -2.61. The van der Waals surface area contributed by atoms with Crippen LogP contribution in [0.5, 0.6) is 0 Å². The fourth-order valence-corrected chi connectivity index (χ4v) is 4.87. The zero-order valence-corrected chi connectivity index (χ0v) is 26.5. The van der Waals surface area contributed by atoms with Crippen molar-refractivity contribution in [1.29, 1.82) is 0 Å². The van der Waals surface area contributed by atoms with Gasteiger partial charge in [-0.25, -0.2) is 14.5 Å². The molecule has 2 N–H and O–H groups in total. The maximum atomic E-state index is 13.9. The van der Waals surface area contributed by atoms with Crippen molar-refractivity contribution in [2.24, 2.45) is 5.92 Å². The lowest BCUT2D eigenvalue weighted by Crippen LogP contribution is -2.41. The molecule has 4 aromatic rings. The summed E-state index contributed by atoms with van der Waals surface area (Å²) in [4.78, 5) is 45.5. The SMILES string of the molecule is Cc1cccnc1-n1nc(Cn2nnc(C(F)(F)F)n2)cc1C(=O)Nc1c(C)cc(C(=O)OCC2CCC2)cc1C(=O)NC(C)(C)C. The molecule has 47 heavy (non-hydrogen) atoms. The number of hydrogen-bond acceptors (Lipinski definition) is 9. The highest BCUT2D eigenvalue weighted by atomic mass is 19.4. The van der Waals surface area contributed by atoms with E-state index in [1.54, 1.807) is 46.8 Å². The highest BCUT2D eigenvalue weighted by Crippen LogP contribution is 2.29. The Balaban J connectivity index is 1.50. The number of tetrazole rings is 1. The van der Waals surface area contributed by atoms with E-state index in [9.17, 15) is 27.6 Å². The Kier molecular flexibility index (Phi) is 9.13. The lowest BCUT2D eigenvalue weighted by Gasteiger charge is -2.25. The van der Waals surface area contributed by atoms with Crippen LogP contribution in [0.2, 0.25) is 0 Å². The minimum absolute atomic E-state index is 0.0377. The monoisotopic (exact) mass is 653 g/mol. The maximum Gasteiger partial charge on any atom is 0.455 e. The Morgan fingerprint density at radius 3 is 2.38 bits per heavy atom. The second-order valence-corrected chi connectivity index (χ2v) is 12.5. The van der Waals surface area contributed by atoms with Crippen molar-refractivity contribution in [3.8, 4) is 5.82 Å². The molecular weight excluding hydrogens is 619 g/mol. The van der Waals surface area contributed by atoms with Gasteiger partial charge in [0.25, 0.3) is 17.6 Å². The van der Waals surface area contributed by atoms with Crippen LogP contribution in [-0.2, 0) is 17.5 Å². The van der Waals surface area contributed by atoms with Gasteiger partial charge in [-0.2, -0.15) is 23.1 Å². The summed E-state index contributed by atoms with van der Waals surface area (Å²) in [5, 5.41) is 19.9. The molecule has 0 spiro atoms. The number of amides is 2. The van der Waals surface area contributed by atoms with Gasteiger partial charge < -0.3 is 15.4 Å². The predicted octanol–water partition coefficient (Wildman–Crippen LogP) is 4.68. The summed E-state index contributed by atoms with van der Waals surface area (Å²) >= 11 is 0. The van der Waals surface area contributed by atoms with Gasteiger partial charge in [-0.05, 0) is 94.0 Å². The number of esters is 1. The Morgan fingerprint density at radius 2 is 1.77 bits per heavy atom. The molecule has 0 aliphatic heterocycles. The van der Waals surface area contributed by atoms with Crippen LogP contribution in [0.15, 0.2) is 36.5 Å². The quantitative estimate of drug-likeness (QED) is 0.245. The lowest BCUT2D eigenvalue weighted by atomic mass is 9.86. The number of halogens is 3. The molecule has 0 atom stereocenters. The third-order valence-electron chi connectivity index (χ3n) is 7.40. The first-order valence-electron chi connectivity index (χ1n) is 14.9. The number of hydrogen-bond donors (Lipinski definition) is 2. The number of nitrogens with one attached hydrogen (secondary N) is 2. The lowest BCUT2D eigenvalue weighted by molar-refractivity contribution is -0.145. The van der Waals surface area contributed by atoms with E-state index in [1.807, 2.05) is 0 Å². The Bertz CT molecular complexity index is 1820. The molecule has 5 rings (SSSR count). The molecule has 0 bridgehead atoms. The molecule has 2 amide bonds. The van der Waals surface area contributed by atoms with E-state index in [4.69, 9.17) is 4.74 Å². The van der Waals surface area contributed by atoms with Crippen LogP contribution in [0.25, 0.3) is 5.82 Å². The molecular formula is C31H34F3N9O4. The minimum atomic E-state index is -4.79. The van der Waals surface area contributed by atoms with E-state index in [-0.39, 0.29) is 34.7 Å². The van der Waals surface area contributed by atoms with E-state index in [0.717, 1.165) is 19.3 Å². The molecule has 1 aliphatic carbocycles. The van der Waals surface area contributed by atoms with E-state index >= 15 is 0 Å². The smallest absolute Gasteiger partial charge is 0.455 e. The maximum absolute atomic E-state index is 13.9. The second kappa shape index (κ2) is 12.9. The summed E-state index contributed by atoms with van der Waals surface area (Å²) in [5.41, 5.74) is 0.875. The van der Waals surface area contributed by atoms with Crippen molar-refractivity contribution in [3.63, 3.8) is 0 Å². The molecule has 3 aromatic heterocycles. The van der Waals surface area contributed by atoms with Crippen molar-refractivity contribution < 1.29 is 32.3 Å². The number of carbonyl (C=O) groups is 3. The number of benzene rings is 1. The Morgan fingerprint density at radius 1 is 1.02 bits per heavy atom. The number of nitrogens with zero attached hydrogens (tertiary/aromatic N) is 7. The molecule has 1 fully saturated rings. The van der Waals surface area contributed by atoms with Crippen molar-refractivity contribution >= 4 is 23.5 Å². The fraction of sp³-hybridized carbons (Fsp3) is 0.419. The number of carbonyl (C=O) groups excluding carboxylic acids is 3. The topological polar surface area (TPSA) is 159 Å². The highest BCUT2D eigenvalue weighted by molar-refractivity contribution is 6.10. The molecule has 1 aliphatic rings. The van der Waals surface area contributed by atoms with Gasteiger partial charge in [0.2, 0.25) is 0 Å². The molecule has 16 heteroatoms. The first kappa shape index (κ1) is 33.2. The van der Waals surface area contributed by atoms with Crippen molar-refractivity contribution in [2.75, 3.05) is 11.9 Å². The zero-order valence-electron chi connectivity index (χ0n) is 26.5. The normalized spacial score (nSPS) is 13.6.